The van der Waals surface area contributed by atoms with Crippen molar-refractivity contribution in [3.63, 3.8) is 0 Å². The van der Waals surface area contributed by atoms with Crippen LogP contribution in [0.2, 0.25) is 0 Å². The van der Waals surface area contributed by atoms with Crippen LogP contribution in [0.25, 0.3) is 0 Å². The lowest BCUT2D eigenvalue weighted by Crippen LogP contribution is -2.13. The number of hydrogen-bond acceptors (Lipinski definition) is 0. The highest BCUT2D eigenvalue weighted by atomic mass is 14.2. The van der Waals surface area contributed by atoms with E-state index in [1.165, 1.54) is 12.8 Å². The van der Waals surface area contributed by atoms with Crippen LogP contribution >= 0.6 is 0 Å². The normalized spacial score (nSPS) is 19.6. The number of hydrogen-bond donors (Lipinski definition) is 0. The maximum atomic E-state index is 2.35. The molecule has 1 aliphatic rings. The van der Waals surface area contributed by atoms with E-state index in [1.807, 2.05) is 0 Å². The predicted molar refractivity (Wildman–Crippen MR) is 36.8 cm³/mol. The standard InChI is InChI=1S/C8H14/c1-8(2,3)7-5-4-6-7/h5H,4,6H2,1-3H3. The van der Waals surface area contributed by atoms with Crippen molar-refractivity contribution in [3.05, 3.63) is 11.6 Å². The third-order valence-corrected chi connectivity index (χ3v) is 1.77. The van der Waals surface area contributed by atoms with E-state index >= 15 is 0 Å². The molecular formula is C8H14. The fourth-order valence-corrected chi connectivity index (χ4v) is 0.970. The average Bonchev–Trinajstić information content (AvgIpc) is 1.16. The largest absolute Gasteiger partial charge is 0.0845 e. The number of allylic oxidation sites excluding steroid dienone is 2. The first-order valence-corrected chi connectivity index (χ1v) is 3.30. The van der Waals surface area contributed by atoms with Gasteiger partial charge in [-0.25, -0.2) is 0 Å². The second-order valence-corrected chi connectivity index (χ2v) is 3.52. The van der Waals surface area contributed by atoms with Crippen molar-refractivity contribution >= 4 is 0 Å². The first-order chi connectivity index (χ1) is 3.61. The monoisotopic (exact) mass is 110 g/mol. The molecule has 0 nitrogen and oxygen atoms in total. The zero-order valence-electron chi connectivity index (χ0n) is 5.99. The van der Waals surface area contributed by atoms with Crippen LogP contribution in [-0.4, -0.2) is 0 Å². The summed E-state index contributed by atoms with van der Waals surface area (Å²) in [5, 5.41) is 0. The summed E-state index contributed by atoms with van der Waals surface area (Å²) in [6.07, 6.45) is 5.00. The Labute approximate surface area is 51.6 Å². The molecule has 0 aliphatic heterocycles. The fraction of sp³-hybridized carbons (Fsp3) is 0.750. The van der Waals surface area contributed by atoms with Crippen LogP contribution in [-0.2, 0) is 0 Å². The van der Waals surface area contributed by atoms with Gasteiger partial charge in [-0.05, 0) is 18.3 Å². The molecule has 0 aromatic carbocycles. The summed E-state index contributed by atoms with van der Waals surface area (Å²) >= 11 is 0. The summed E-state index contributed by atoms with van der Waals surface area (Å²) in [7, 11) is 0. The fourth-order valence-electron chi connectivity index (χ4n) is 0.970. The Bertz CT molecular complexity index is 112. The van der Waals surface area contributed by atoms with Crippen molar-refractivity contribution in [3.8, 4) is 0 Å². The molecule has 0 spiro atoms. The summed E-state index contributed by atoms with van der Waals surface area (Å²) in [4.78, 5) is 0. The van der Waals surface area contributed by atoms with Crippen molar-refractivity contribution in [1.29, 1.82) is 0 Å². The molecule has 0 heteroatoms. The Morgan fingerprint density at radius 1 is 1.38 bits per heavy atom. The lowest BCUT2D eigenvalue weighted by Gasteiger charge is -2.28. The molecule has 1 rings (SSSR count). The summed E-state index contributed by atoms with van der Waals surface area (Å²) in [6.45, 7) is 6.83. The minimum Gasteiger partial charge on any atom is -0.0845 e. The third-order valence-electron chi connectivity index (χ3n) is 1.77. The highest BCUT2D eigenvalue weighted by Gasteiger charge is 2.19. The van der Waals surface area contributed by atoms with Crippen molar-refractivity contribution in [2.24, 2.45) is 5.41 Å². The van der Waals surface area contributed by atoms with E-state index in [0.717, 1.165) is 0 Å². The predicted octanol–water partition coefficient (Wildman–Crippen LogP) is 2.75. The Balaban J connectivity index is 2.59. The average molecular weight is 110 g/mol. The van der Waals surface area contributed by atoms with E-state index in [2.05, 4.69) is 26.8 Å². The lowest BCUT2D eigenvalue weighted by atomic mass is 9.78. The van der Waals surface area contributed by atoms with Gasteiger partial charge in [0.25, 0.3) is 0 Å². The summed E-state index contributed by atoms with van der Waals surface area (Å²) in [5.74, 6) is 0. The van der Waals surface area contributed by atoms with Crippen LogP contribution in [0.15, 0.2) is 11.6 Å². The highest BCUT2D eigenvalue weighted by Crippen LogP contribution is 2.34. The summed E-state index contributed by atoms with van der Waals surface area (Å²) in [5.41, 5.74) is 2.09. The van der Waals surface area contributed by atoms with Gasteiger partial charge in [-0.1, -0.05) is 32.4 Å². The minimum atomic E-state index is 0.457. The molecule has 0 fully saturated rings. The van der Waals surface area contributed by atoms with E-state index in [1.54, 1.807) is 5.57 Å². The van der Waals surface area contributed by atoms with Crippen LogP contribution in [0.5, 0.6) is 0 Å². The van der Waals surface area contributed by atoms with Crippen molar-refractivity contribution in [2.45, 2.75) is 33.6 Å². The van der Waals surface area contributed by atoms with Gasteiger partial charge in [0.05, 0.1) is 0 Å². The molecule has 0 saturated heterocycles. The molecule has 0 aromatic heterocycles. The minimum absolute atomic E-state index is 0.457. The van der Waals surface area contributed by atoms with Gasteiger partial charge in [-0.15, -0.1) is 0 Å². The zero-order chi connectivity index (χ0) is 6.20. The highest BCUT2D eigenvalue weighted by molar-refractivity contribution is 5.18. The Morgan fingerprint density at radius 2 is 1.88 bits per heavy atom. The smallest absolute Gasteiger partial charge is 0.0173 e. The quantitative estimate of drug-likeness (QED) is 0.420. The van der Waals surface area contributed by atoms with Gasteiger partial charge >= 0.3 is 0 Å². The van der Waals surface area contributed by atoms with Crippen molar-refractivity contribution in [1.82, 2.24) is 0 Å². The van der Waals surface area contributed by atoms with Gasteiger partial charge in [0.15, 0.2) is 0 Å². The maximum absolute atomic E-state index is 2.35. The molecule has 46 valence electrons. The van der Waals surface area contributed by atoms with Gasteiger partial charge in [0.2, 0.25) is 0 Å². The molecule has 0 saturated carbocycles. The lowest BCUT2D eigenvalue weighted by molar-refractivity contribution is 0.461. The molecule has 0 radical (unpaired) electrons. The van der Waals surface area contributed by atoms with E-state index in [4.69, 9.17) is 0 Å². The second kappa shape index (κ2) is 1.61. The van der Waals surface area contributed by atoms with Crippen molar-refractivity contribution in [2.75, 3.05) is 0 Å². The third kappa shape index (κ3) is 0.936. The molecular weight excluding hydrogens is 96.1 g/mol. The van der Waals surface area contributed by atoms with Crippen LogP contribution in [0.1, 0.15) is 33.6 Å². The van der Waals surface area contributed by atoms with Crippen LogP contribution in [0.3, 0.4) is 0 Å². The molecule has 8 heavy (non-hydrogen) atoms. The molecule has 0 amide bonds. The van der Waals surface area contributed by atoms with Gasteiger partial charge in [0, 0.05) is 0 Å². The maximum Gasteiger partial charge on any atom is -0.0173 e. The van der Waals surface area contributed by atoms with Crippen LogP contribution in [0.4, 0.5) is 0 Å². The number of rotatable bonds is 0. The van der Waals surface area contributed by atoms with Gasteiger partial charge < -0.3 is 0 Å². The van der Waals surface area contributed by atoms with Crippen LogP contribution < -0.4 is 0 Å². The first kappa shape index (κ1) is 5.87. The first-order valence-electron chi connectivity index (χ1n) is 3.30. The van der Waals surface area contributed by atoms with Gasteiger partial charge in [0.1, 0.15) is 0 Å². The molecule has 1 aliphatic carbocycles. The summed E-state index contributed by atoms with van der Waals surface area (Å²) in [6, 6.07) is 0. The van der Waals surface area contributed by atoms with Crippen LogP contribution in [0, 0.1) is 5.41 Å². The molecule has 0 heterocycles. The second-order valence-electron chi connectivity index (χ2n) is 3.52. The van der Waals surface area contributed by atoms with Gasteiger partial charge in [-0.2, -0.15) is 0 Å². The Kier molecular flexibility index (Phi) is 1.18. The SMILES string of the molecule is CC(C)(C)C1=CCC1. The van der Waals surface area contributed by atoms with E-state index in [0.29, 0.717) is 5.41 Å². The van der Waals surface area contributed by atoms with E-state index in [9.17, 15) is 0 Å². The Hall–Kier alpha value is -0.260. The molecule has 0 aromatic rings. The molecule has 0 atom stereocenters. The zero-order valence-corrected chi connectivity index (χ0v) is 5.99. The van der Waals surface area contributed by atoms with E-state index in [-0.39, 0.29) is 0 Å². The molecule has 0 bridgehead atoms. The summed E-state index contributed by atoms with van der Waals surface area (Å²) < 4.78 is 0. The topological polar surface area (TPSA) is 0 Å². The molecule has 0 unspecified atom stereocenters. The van der Waals surface area contributed by atoms with Gasteiger partial charge in [-0.3, -0.25) is 0 Å². The van der Waals surface area contributed by atoms with Crippen molar-refractivity contribution < 1.29 is 0 Å². The Morgan fingerprint density at radius 3 is 1.88 bits per heavy atom. The van der Waals surface area contributed by atoms with E-state index < -0.39 is 0 Å². The molecule has 0 N–H and O–H groups in total.